The first kappa shape index (κ1) is 13.7. The Labute approximate surface area is 115 Å². The van der Waals surface area contributed by atoms with Crippen LogP contribution in [0.3, 0.4) is 0 Å². The summed E-state index contributed by atoms with van der Waals surface area (Å²) < 4.78 is 11.8. The summed E-state index contributed by atoms with van der Waals surface area (Å²) in [5.41, 5.74) is -0.149. The predicted molar refractivity (Wildman–Crippen MR) is 74.4 cm³/mol. The van der Waals surface area contributed by atoms with Gasteiger partial charge in [0.2, 0.25) is 0 Å². The number of methoxy groups -OCH3 is 2. The molecule has 0 bridgehead atoms. The molecule has 19 heavy (non-hydrogen) atoms. The molecule has 1 aromatic heterocycles. The Morgan fingerprint density at radius 3 is 2.58 bits per heavy atom. The van der Waals surface area contributed by atoms with Crippen molar-refractivity contribution in [3.8, 4) is 11.5 Å². The quantitative estimate of drug-likeness (QED) is 0.788. The van der Waals surface area contributed by atoms with Gasteiger partial charge in [0.1, 0.15) is 0 Å². The molecule has 0 spiro atoms. The van der Waals surface area contributed by atoms with Crippen molar-refractivity contribution in [2.24, 2.45) is 0 Å². The fourth-order valence-corrected chi connectivity index (χ4v) is 2.00. The molecule has 0 N–H and O–H groups in total. The third-order valence-corrected chi connectivity index (χ3v) is 3.13. The average molecular weight is 283 g/mol. The second kappa shape index (κ2) is 5.93. The molecule has 102 valence electrons. The Hall–Kier alpha value is -1.75. The molecule has 0 aliphatic carbocycles. The highest BCUT2D eigenvalue weighted by Gasteiger charge is 2.10. The van der Waals surface area contributed by atoms with Crippen LogP contribution >= 0.6 is 11.6 Å². The van der Waals surface area contributed by atoms with Crippen LogP contribution in [0.4, 0.5) is 0 Å². The molecule has 6 heteroatoms. The lowest BCUT2D eigenvalue weighted by Crippen LogP contribution is -2.23. The van der Waals surface area contributed by atoms with E-state index in [2.05, 4.69) is 5.10 Å². The zero-order valence-corrected chi connectivity index (χ0v) is 11.6. The molecule has 0 unspecified atom stereocenters. The van der Waals surface area contributed by atoms with E-state index < -0.39 is 0 Å². The SMILES string of the molecule is COc1cc2cnn(CCCCl)c(=O)c2cc1OC. The Bertz CT molecular complexity index is 640. The summed E-state index contributed by atoms with van der Waals surface area (Å²) in [5.74, 6) is 1.61. The molecule has 0 atom stereocenters. The Balaban J connectivity index is 2.58. The van der Waals surface area contributed by atoms with Crippen molar-refractivity contribution >= 4 is 22.4 Å². The number of benzene rings is 1. The minimum atomic E-state index is -0.149. The maximum absolute atomic E-state index is 12.3. The van der Waals surface area contributed by atoms with Gasteiger partial charge in [0.25, 0.3) is 5.56 Å². The van der Waals surface area contributed by atoms with Crippen LogP contribution in [0.2, 0.25) is 0 Å². The van der Waals surface area contributed by atoms with Gasteiger partial charge in [-0.3, -0.25) is 4.79 Å². The summed E-state index contributed by atoms with van der Waals surface area (Å²) in [5, 5.41) is 5.41. The Morgan fingerprint density at radius 2 is 1.95 bits per heavy atom. The summed E-state index contributed by atoms with van der Waals surface area (Å²) in [7, 11) is 3.09. The maximum Gasteiger partial charge on any atom is 0.274 e. The molecular weight excluding hydrogens is 268 g/mol. The number of aryl methyl sites for hydroxylation is 1. The molecule has 2 rings (SSSR count). The number of aromatic nitrogens is 2. The molecule has 0 saturated heterocycles. The van der Waals surface area contributed by atoms with Gasteiger partial charge in [-0.25, -0.2) is 4.68 Å². The summed E-state index contributed by atoms with van der Waals surface area (Å²) in [6.07, 6.45) is 2.35. The van der Waals surface area contributed by atoms with Crippen molar-refractivity contribution in [2.45, 2.75) is 13.0 Å². The van der Waals surface area contributed by atoms with Gasteiger partial charge in [-0.1, -0.05) is 0 Å². The van der Waals surface area contributed by atoms with E-state index in [1.54, 1.807) is 25.4 Å². The number of halogens is 1. The van der Waals surface area contributed by atoms with Crippen molar-refractivity contribution in [3.05, 3.63) is 28.7 Å². The largest absolute Gasteiger partial charge is 0.493 e. The smallest absolute Gasteiger partial charge is 0.274 e. The van der Waals surface area contributed by atoms with Crippen LogP contribution in [0, 0.1) is 0 Å². The van der Waals surface area contributed by atoms with Crippen LogP contribution in [0.5, 0.6) is 11.5 Å². The average Bonchev–Trinajstić information content (AvgIpc) is 2.45. The minimum Gasteiger partial charge on any atom is -0.493 e. The van der Waals surface area contributed by atoms with Gasteiger partial charge in [-0.05, 0) is 18.6 Å². The van der Waals surface area contributed by atoms with Crippen molar-refractivity contribution in [3.63, 3.8) is 0 Å². The second-order valence-electron chi connectivity index (χ2n) is 4.01. The van der Waals surface area contributed by atoms with Crippen LogP contribution in [0.25, 0.3) is 10.8 Å². The van der Waals surface area contributed by atoms with E-state index in [0.29, 0.717) is 35.7 Å². The lowest BCUT2D eigenvalue weighted by molar-refractivity contribution is 0.355. The summed E-state index contributed by atoms with van der Waals surface area (Å²) in [6.45, 7) is 0.507. The fourth-order valence-electron chi connectivity index (χ4n) is 1.88. The molecule has 0 amide bonds. The van der Waals surface area contributed by atoms with Crippen molar-refractivity contribution in [1.29, 1.82) is 0 Å². The maximum atomic E-state index is 12.3. The molecule has 0 aliphatic heterocycles. The van der Waals surface area contributed by atoms with Crippen molar-refractivity contribution in [1.82, 2.24) is 9.78 Å². The molecule has 1 aromatic carbocycles. The highest BCUT2D eigenvalue weighted by molar-refractivity contribution is 6.17. The van der Waals surface area contributed by atoms with Crippen LogP contribution in [-0.4, -0.2) is 29.9 Å². The Morgan fingerprint density at radius 1 is 1.26 bits per heavy atom. The zero-order valence-electron chi connectivity index (χ0n) is 10.9. The normalized spacial score (nSPS) is 10.7. The van der Waals surface area contributed by atoms with Crippen molar-refractivity contribution in [2.75, 3.05) is 20.1 Å². The standard InChI is InChI=1S/C13H15ClN2O3/c1-18-11-6-9-8-15-16(5-3-4-14)13(17)10(9)7-12(11)19-2/h6-8H,3-5H2,1-2H3. The van der Waals surface area contributed by atoms with E-state index in [9.17, 15) is 4.79 Å². The molecular formula is C13H15ClN2O3. The monoisotopic (exact) mass is 282 g/mol. The Kier molecular flexibility index (Phi) is 4.27. The number of hydrogen-bond donors (Lipinski definition) is 0. The number of nitrogens with zero attached hydrogens (tertiary/aromatic N) is 2. The topological polar surface area (TPSA) is 53.4 Å². The van der Waals surface area contributed by atoms with Gasteiger partial charge < -0.3 is 9.47 Å². The molecule has 0 fully saturated rings. The second-order valence-corrected chi connectivity index (χ2v) is 4.39. The van der Waals surface area contributed by atoms with E-state index in [1.165, 1.54) is 11.8 Å². The van der Waals surface area contributed by atoms with Gasteiger partial charge in [-0.15, -0.1) is 11.6 Å². The number of fused-ring (bicyclic) bond motifs is 1. The van der Waals surface area contributed by atoms with Gasteiger partial charge >= 0.3 is 0 Å². The fraction of sp³-hybridized carbons (Fsp3) is 0.385. The van der Waals surface area contributed by atoms with Crippen LogP contribution < -0.4 is 15.0 Å². The first-order chi connectivity index (χ1) is 9.21. The highest BCUT2D eigenvalue weighted by Crippen LogP contribution is 2.30. The van der Waals surface area contributed by atoms with E-state index in [0.717, 1.165) is 5.39 Å². The van der Waals surface area contributed by atoms with Crippen LogP contribution in [-0.2, 0) is 6.54 Å². The first-order valence-corrected chi connectivity index (χ1v) is 6.42. The summed E-state index contributed by atoms with van der Waals surface area (Å²) in [4.78, 5) is 12.3. The zero-order chi connectivity index (χ0) is 13.8. The number of ether oxygens (including phenoxy) is 2. The molecule has 0 aliphatic rings. The minimum absolute atomic E-state index is 0.149. The number of alkyl halides is 1. The summed E-state index contributed by atoms with van der Waals surface area (Å²) >= 11 is 5.63. The molecule has 5 nitrogen and oxygen atoms in total. The van der Waals surface area contributed by atoms with Crippen LogP contribution in [0.1, 0.15) is 6.42 Å². The molecule has 0 saturated carbocycles. The van der Waals surface area contributed by atoms with Crippen molar-refractivity contribution < 1.29 is 9.47 Å². The lowest BCUT2D eigenvalue weighted by atomic mass is 10.2. The van der Waals surface area contributed by atoms with E-state index in [4.69, 9.17) is 21.1 Å². The number of rotatable bonds is 5. The summed E-state index contributed by atoms with van der Waals surface area (Å²) in [6, 6.07) is 3.42. The van der Waals surface area contributed by atoms with E-state index in [1.807, 2.05) is 0 Å². The lowest BCUT2D eigenvalue weighted by Gasteiger charge is -2.10. The number of hydrogen-bond acceptors (Lipinski definition) is 4. The first-order valence-electron chi connectivity index (χ1n) is 5.89. The van der Waals surface area contributed by atoms with Gasteiger partial charge in [0.15, 0.2) is 11.5 Å². The van der Waals surface area contributed by atoms with Gasteiger partial charge in [0.05, 0.1) is 25.8 Å². The van der Waals surface area contributed by atoms with E-state index >= 15 is 0 Å². The third-order valence-electron chi connectivity index (χ3n) is 2.86. The third kappa shape index (κ3) is 2.66. The molecule has 0 radical (unpaired) electrons. The molecule has 1 heterocycles. The van der Waals surface area contributed by atoms with E-state index in [-0.39, 0.29) is 5.56 Å². The molecule has 2 aromatic rings. The van der Waals surface area contributed by atoms with Gasteiger partial charge in [-0.2, -0.15) is 5.10 Å². The van der Waals surface area contributed by atoms with Gasteiger partial charge in [0, 0.05) is 17.8 Å². The predicted octanol–water partition coefficient (Wildman–Crippen LogP) is 2.04. The highest BCUT2D eigenvalue weighted by atomic mass is 35.5. The van der Waals surface area contributed by atoms with Crippen LogP contribution in [0.15, 0.2) is 23.1 Å².